The Labute approximate surface area is 300 Å². The van der Waals surface area contributed by atoms with Gasteiger partial charge in [0, 0.05) is 21.8 Å². The van der Waals surface area contributed by atoms with Crippen LogP contribution in [-0.2, 0) is 5.41 Å². The molecular weight excluding hydrogens is 635 g/mol. The van der Waals surface area contributed by atoms with Gasteiger partial charge in [-0.2, -0.15) is 0 Å². The first-order chi connectivity index (χ1) is 25.8. The van der Waals surface area contributed by atoms with Crippen molar-refractivity contribution in [1.82, 2.24) is 0 Å². The first-order valence-electron chi connectivity index (χ1n) is 17.8. The molecule has 1 aliphatic rings. The molecule has 8 aromatic carbocycles. The van der Waals surface area contributed by atoms with Gasteiger partial charge in [0.2, 0.25) is 0 Å². The van der Waals surface area contributed by atoms with Crippen LogP contribution in [0.15, 0.2) is 197 Å². The van der Waals surface area contributed by atoms with Crippen LogP contribution in [-0.4, -0.2) is 0 Å². The summed E-state index contributed by atoms with van der Waals surface area (Å²) in [5.74, 6) is 0. The van der Waals surface area contributed by atoms with Gasteiger partial charge in [0.15, 0.2) is 5.58 Å². The largest absolute Gasteiger partial charge is 0.456 e. The Balaban J connectivity index is 1.37. The predicted molar refractivity (Wildman–Crippen MR) is 213 cm³/mol. The summed E-state index contributed by atoms with van der Waals surface area (Å²) < 4.78 is 13.6. The molecule has 2 heterocycles. The van der Waals surface area contributed by atoms with Crippen molar-refractivity contribution in [2.24, 2.45) is 0 Å². The molecule has 0 spiro atoms. The molecule has 0 unspecified atom stereocenters. The van der Waals surface area contributed by atoms with Crippen molar-refractivity contribution in [2.75, 3.05) is 4.90 Å². The molecule has 0 saturated heterocycles. The van der Waals surface area contributed by atoms with Gasteiger partial charge < -0.3 is 13.7 Å². The first-order valence-corrected chi connectivity index (χ1v) is 17.8. The maximum atomic E-state index is 7.08. The topological polar surface area (TPSA) is 29.5 Å². The lowest BCUT2D eigenvalue weighted by Gasteiger charge is -2.38. The van der Waals surface area contributed by atoms with Gasteiger partial charge in [-0.1, -0.05) is 146 Å². The smallest absolute Gasteiger partial charge is 0.159 e. The van der Waals surface area contributed by atoms with Crippen LogP contribution in [0.5, 0.6) is 0 Å². The maximum absolute atomic E-state index is 7.08. The number of furan rings is 2. The van der Waals surface area contributed by atoms with Crippen LogP contribution in [0.3, 0.4) is 0 Å². The van der Waals surface area contributed by atoms with Crippen LogP contribution >= 0.6 is 0 Å². The van der Waals surface area contributed by atoms with Crippen molar-refractivity contribution in [2.45, 2.75) is 5.41 Å². The molecule has 10 aromatic rings. The molecule has 11 rings (SSSR count). The van der Waals surface area contributed by atoms with Gasteiger partial charge in [-0.25, -0.2) is 0 Å². The van der Waals surface area contributed by atoms with E-state index in [0.717, 1.165) is 66.5 Å². The fraction of sp³-hybridized carbons (Fsp3) is 0.0204. The minimum Gasteiger partial charge on any atom is -0.456 e. The van der Waals surface area contributed by atoms with Crippen LogP contribution in [0.4, 0.5) is 17.1 Å². The van der Waals surface area contributed by atoms with Crippen LogP contribution in [0, 0.1) is 0 Å². The Kier molecular flexibility index (Phi) is 6.17. The lowest BCUT2D eigenvalue weighted by molar-refractivity contribution is 0.665. The van der Waals surface area contributed by atoms with Gasteiger partial charge in [0.25, 0.3) is 0 Å². The SMILES string of the molecule is c1ccc(N(c2c(C3(c4ccccc4)c4ccccc4-c4ccccc43)ccc3c2oc2ccccc23)c2cccc3oc4ccccc4c23)cc1. The van der Waals surface area contributed by atoms with E-state index in [0.29, 0.717) is 0 Å². The minimum atomic E-state index is -0.670. The van der Waals surface area contributed by atoms with Gasteiger partial charge in [0.05, 0.1) is 22.2 Å². The summed E-state index contributed by atoms with van der Waals surface area (Å²) in [6, 6.07) is 67.2. The molecular formula is C49H31NO2. The number of hydrogen-bond acceptors (Lipinski definition) is 3. The second-order valence-corrected chi connectivity index (χ2v) is 13.6. The van der Waals surface area contributed by atoms with E-state index in [1.807, 2.05) is 18.2 Å². The Bertz CT molecular complexity index is 2930. The molecule has 2 aromatic heterocycles. The van der Waals surface area contributed by atoms with Gasteiger partial charge in [0.1, 0.15) is 16.7 Å². The van der Waals surface area contributed by atoms with E-state index in [9.17, 15) is 0 Å². The monoisotopic (exact) mass is 665 g/mol. The van der Waals surface area contributed by atoms with Crippen molar-refractivity contribution < 1.29 is 8.83 Å². The van der Waals surface area contributed by atoms with Crippen LogP contribution < -0.4 is 4.90 Å². The molecule has 1 aliphatic carbocycles. The molecule has 0 saturated carbocycles. The van der Waals surface area contributed by atoms with Crippen molar-refractivity contribution in [1.29, 1.82) is 0 Å². The highest BCUT2D eigenvalue weighted by molar-refractivity contribution is 6.17. The average Bonchev–Trinajstić information content (AvgIpc) is 3.88. The lowest BCUT2D eigenvalue weighted by atomic mass is 9.67. The zero-order chi connectivity index (χ0) is 34.2. The van der Waals surface area contributed by atoms with Gasteiger partial charge in [-0.05, 0) is 75.8 Å². The van der Waals surface area contributed by atoms with E-state index in [2.05, 4.69) is 175 Å². The normalized spacial score (nSPS) is 13.2. The highest BCUT2D eigenvalue weighted by atomic mass is 16.3. The molecule has 0 aliphatic heterocycles. The molecule has 0 N–H and O–H groups in total. The predicted octanol–water partition coefficient (Wildman–Crippen LogP) is 13.3. The fourth-order valence-corrected chi connectivity index (χ4v) is 8.89. The van der Waals surface area contributed by atoms with E-state index in [-0.39, 0.29) is 0 Å². The van der Waals surface area contributed by atoms with E-state index in [4.69, 9.17) is 8.83 Å². The van der Waals surface area contributed by atoms with Gasteiger partial charge in [-0.15, -0.1) is 0 Å². The molecule has 0 amide bonds. The number of anilines is 3. The highest BCUT2D eigenvalue weighted by Gasteiger charge is 2.48. The first kappa shape index (κ1) is 28.9. The summed E-state index contributed by atoms with van der Waals surface area (Å²) in [6.45, 7) is 0. The zero-order valence-corrected chi connectivity index (χ0v) is 28.2. The third-order valence-corrected chi connectivity index (χ3v) is 10.9. The van der Waals surface area contributed by atoms with E-state index >= 15 is 0 Å². The minimum absolute atomic E-state index is 0.670. The lowest BCUT2D eigenvalue weighted by Crippen LogP contribution is -2.31. The second-order valence-electron chi connectivity index (χ2n) is 13.6. The summed E-state index contributed by atoms with van der Waals surface area (Å²) in [6.07, 6.45) is 0. The van der Waals surface area contributed by atoms with Crippen molar-refractivity contribution in [3.05, 3.63) is 210 Å². The van der Waals surface area contributed by atoms with Crippen LogP contribution in [0.1, 0.15) is 22.3 Å². The third-order valence-electron chi connectivity index (χ3n) is 10.9. The number of hydrogen-bond donors (Lipinski definition) is 0. The Hall–Kier alpha value is -6.84. The third kappa shape index (κ3) is 3.91. The van der Waals surface area contributed by atoms with Crippen molar-refractivity contribution in [3.63, 3.8) is 0 Å². The molecule has 3 heteroatoms. The van der Waals surface area contributed by atoms with E-state index in [1.165, 1.54) is 27.8 Å². The number of para-hydroxylation sites is 3. The molecule has 52 heavy (non-hydrogen) atoms. The molecule has 0 fully saturated rings. The number of fused-ring (bicyclic) bond motifs is 9. The molecule has 0 atom stereocenters. The average molecular weight is 666 g/mol. The fourth-order valence-electron chi connectivity index (χ4n) is 8.89. The van der Waals surface area contributed by atoms with Crippen LogP contribution in [0.25, 0.3) is 55.0 Å². The second kappa shape index (κ2) is 11.1. The number of rotatable bonds is 5. The van der Waals surface area contributed by atoms with Crippen LogP contribution in [0.2, 0.25) is 0 Å². The molecule has 0 radical (unpaired) electrons. The zero-order valence-electron chi connectivity index (χ0n) is 28.2. The number of benzene rings is 8. The summed E-state index contributed by atoms with van der Waals surface area (Å²) in [5, 5.41) is 4.29. The quantitative estimate of drug-likeness (QED) is 0.183. The summed E-state index contributed by atoms with van der Waals surface area (Å²) in [5.41, 5.74) is 13.1. The Morgan fingerprint density at radius 2 is 0.962 bits per heavy atom. The maximum Gasteiger partial charge on any atom is 0.159 e. The van der Waals surface area contributed by atoms with Crippen molar-refractivity contribution >= 4 is 60.9 Å². The summed E-state index contributed by atoms with van der Waals surface area (Å²) in [4.78, 5) is 2.42. The molecule has 0 bridgehead atoms. The van der Waals surface area contributed by atoms with E-state index in [1.54, 1.807) is 0 Å². The summed E-state index contributed by atoms with van der Waals surface area (Å²) in [7, 11) is 0. The highest BCUT2D eigenvalue weighted by Crippen LogP contribution is 2.60. The number of nitrogens with zero attached hydrogens (tertiary/aromatic N) is 1. The van der Waals surface area contributed by atoms with Gasteiger partial charge in [-0.3, -0.25) is 0 Å². The molecule has 244 valence electrons. The van der Waals surface area contributed by atoms with Crippen molar-refractivity contribution in [3.8, 4) is 11.1 Å². The van der Waals surface area contributed by atoms with E-state index < -0.39 is 5.41 Å². The van der Waals surface area contributed by atoms with Gasteiger partial charge >= 0.3 is 0 Å². The Morgan fingerprint density at radius 3 is 1.69 bits per heavy atom. The summed E-state index contributed by atoms with van der Waals surface area (Å²) >= 11 is 0. The molecule has 3 nitrogen and oxygen atoms in total. The Morgan fingerprint density at radius 1 is 0.385 bits per heavy atom. The standard InChI is InChI=1S/C49H31NO2/c1-3-16-32(17-4-1)49(39-24-11-7-20-34(39)35-21-8-12-25-40(35)49)41-31-30-37-36-22-9-13-27-43(36)52-48(37)47(41)50(33-18-5-2-6-19-33)42-26-15-29-45-46(42)38-23-10-14-28-44(38)51-45/h1-31H.